The molecular formula is C14H11NO5. The first-order chi connectivity index (χ1) is 9.72. The van der Waals surface area contributed by atoms with Crippen LogP contribution in [0, 0.1) is 0 Å². The number of ether oxygens (including phenoxy) is 3. The van der Waals surface area contributed by atoms with Gasteiger partial charge in [-0.05, 0) is 23.8 Å². The fourth-order valence-electron chi connectivity index (χ4n) is 1.82. The smallest absolute Gasteiger partial charge is 0.354 e. The van der Waals surface area contributed by atoms with Crippen LogP contribution in [0.2, 0.25) is 0 Å². The van der Waals surface area contributed by atoms with Gasteiger partial charge in [0, 0.05) is 12.3 Å². The van der Waals surface area contributed by atoms with Gasteiger partial charge in [0.2, 0.25) is 6.79 Å². The minimum absolute atomic E-state index is 0.0480. The summed E-state index contributed by atoms with van der Waals surface area (Å²) in [5.41, 5.74) is 0.858. The zero-order valence-electron chi connectivity index (χ0n) is 10.4. The molecule has 0 unspecified atom stereocenters. The van der Waals surface area contributed by atoms with E-state index < -0.39 is 5.97 Å². The third kappa shape index (κ3) is 2.49. The number of rotatable bonds is 4. The van der Waals surface area contributed by atoms with Gasteiger partial charge in [-0.3, -0.25) is 0 Å². The van der Waals surface area contributed by atoms with Crippen LogP contribution >= 0.6 is 0 Å². The monoisotopic (exact) mass is 273 g/mol. The van der Waals surface area contributed by atoms with E-state index in [1.807, 2.05) is 18.2 Å². The van der Waals surface area contributed by atoms with Gasteiger partial charge in [-0.1, -0.05) is 6.07 Å². The molecule has 2 aromatic rings. The van der Waals surface area contributed by atoms with Gasteiger partial charge in [-0.15, -0.1) is 0 Å². The van der Waals surface area contributed by atoms with Crippen LogP contribution in [0.25, 0.3) is 0 Å². The zero-order valence-corrected chi connectivity index (χ0v) is 10.4. The summed E-state index contributed by atoms with van der Waals surface area (Å²) >= 11 is 0. The number of fused-ring (bicyclic) bond motifs is 1. The third-order valence-corrected chi connectivity index (χ3v) is 2.79. The van der Waals surface area contributed by atoms with Gasteiger partial charge in [0.05, 0.1) is 0 Å². The molecule has 0 bridgehead atoms. The van der Waals surface area contributed by atoms with Crippen LogP contribution in [0.1, 0.15) is 16.1 Å². The number of hydrogen-bond acceptors (Lipinski definition) is 5. The highest BCUT2D eigenvalue weighted by Crippen LogP contribution is 2.32. The van der Waals surface area contributed by atoms with Crippen LogP contribution in [-0.2, 0) is 6.61 Å². The van der Waals surface area contributed by atoms with E-state index >= 15 is 0 Å². The second kappa shape index (κ2) is 5.08. The van der Waals surface area contributed by atoms with E-state index in [-0.39, 0.29) is 12.5 Å². The van der Waals surface area contributed by atoms with Crippen molar-refractivity contribution >= 4 is 5.97 Å². The van der Waals surface area contributed by atoms with E-state index in [1.54, 1.807) is 6.07 Å². The fraction of sp³-hybridized carbons (Fsp3) is 0.143. The molecule has 1 N–H and O–H groups in total. The molecule has 1 aromatic heterocycles. The van der Waals surface area contributed by atoms with E-state index in [2.05, 4.69) is 4.98 Å². The van der Waals surface area contributed by atoms with Crippen LogP contribution in [0.4, 0.5) is 0 Å². The number of hydrogen-bond donors (Lipinski definition) is 1. The molecular weight excluding hydrogens is 262 g/mol. The lowest BCUT2D eigenvalue weighted by Gasteiger charge is -2.07. The van der Waals surface area contributed by atoms with E-state index in [0.29, 0.717) is 23.9 Å². The number of carbonyl (C=O) groups is 1. The molecule has 20 heavy (non-hydrogen) atoms. The molecule has 0 aliphatic carbocycles. The molecule has 0 spiro atoms. The average molecular weight is 273 g/mol. The number of benzene rings is 1. The molecule has 0 saturated carbocycles. The lowest BCUT2D eigenvalue weighted by molar-refractivity contribution is 0.0690. The molecule has 1 aromatic carbocycles. The Balaban J connectivity index is 1.70. The summed E-state index contributed by atoms with van der Waals surface area (Å²) < 4.78 is 16.0. The van der Waals surface area contributed by atoms with Gasteiger partial charge in [0.15, 0.2) is 17.2 Å². The molecule has 3 rings (SSSR count). The van der Waals surface area contributed by atoms with Crippen molar-refractivity contribution in [2.24, 2.45) is 0 Å². The summed E-state index contributed by atoms with van der Waals surface area (Å²) in [5.74, 6) is 0.770. The molecule has 0 amide bonds. The van der Waals surface area contributed by atoms with E-state index in [1.165, 1.54) is 12.3 Å². The molecule has 6 nitrogen and oxygen atoms in total. The van der Waals surface area contributed by atoms with Crippen molar-refractivity contribution in [2.75, 3.05) is 6.79 Å². The van der Waals surface area contributed by atoms with Crippen LogP contribution in [0.15, 0.2) is 36.5 Å². The Labute approximate surface area is 114 Å². The largest absolute Gasteiger partial charge is 0.489 e. The van der Waals surface area contributed by atoms with Crippen LogP contribution < -0.4 is 14.2 Å². The highest BCUT2D eigenvalue weighted by Gasteiger charge is 2.13. The third-order valence-electron chi connectivity index (χ3n) is 2.79. The Morgan fingerprint density at radius 1 is 1.25 bits per heavy atom. The number of aromatic nitrogens is 1. The van der Waals surface area contributed by atoms with Gasteiger partial charge in [0.25, 0.3) is 0 Å². The van der Waals surface area contributed by atoms with Crippen molar-refractivity contribution in [2.45, 2.75) is 6.61 Å². The average Bonchev–Trinajstić information content (AvgIpc) is 2.93. The van der Waals surface area contributed by atoms with Gasteiger partial charge in [0.1, 0.15) is 12.4 Å². The summed E-state index contributed by atoms with van der Waals surface area (Å²) in [6, 6.07) is 8.51. The second-order valence-corrected chi connectivity index (χ2v) is 4.16. The molecule has 6 heteroatoms. The molecule has 1 aliphatic rings. The minimum atomic E-state index is -1.08. The van der Waals surface area contributed by atoms with Crippen LogP contribution in [-0.4, -0.2) is 22.9 Å². The van der Waals surface area contributed by atoms with Crippen molar-refractivity contribution in [3.05, 3.63) is 47.8 Å². The van der Waals surface area contributed by atoms with Gasteiger partial charge >= 0.3 is 5.97 Å². The number of aromatic carboxylic acids is 1. The molecule has 2 heterocycles. The van der Waals surface area contributed by atoms with Crippen molar-refractivity contribution in [3.8, 4) is 17.2 Å². The fourth-order valence-corrected chi connectivity index (χ4v) is 1.82. The van der Waals surface area contributed by atoms with Crippen molar-refractivity contribution < 1.29 is 24.1 Å². The summed E-state index contributed by atoms with van der Waals surface area (Å²) in [6.07, 6.45) is 1.40. The Hall–Kier alpha value is -2.76. The summed E-state index contributed by atoms with van der Waals surface area (Å²) in [5, 5.41) is 8.85. The Morgan fingerprint density at radius 2 is 2.10 bits per heavy atom. The Kier molecular flexibility index (Phi) is 3.12. The maximum Gasteiger partial charge on any atom is 0.354 e. The summed E-state index contributed by atoms with van der Waals surface area (Å²) in [7, 11) is 0. The van der Waals surface area contributed by atoms with Gasteiger partial charge < -0.3 is 19.3 Å². The van der Waals surface area contributed by atoms with Crippen molar-refractivity contribution in [3.63, 3.8) is 0 Å². The first-order valence-electron chi connectivity index (χ1n) is 5.93. The first-order valence-corrected chi connectivity index (χ1v) is 5.93. The highest BCUT2D eigenvalue weighted by molar-refractivity contribution is 5.85. The first kappa shape index (κ1) is 12.3. The molecule has 0 saturated heterocycles. The molecule has 102 valence electrons. The number of pyridine rings is 1. The molecule has 0 radical (unpaired) electrons. The Morgan fingerprint density at radius 3 is 2.95 bits per heavy atom. The normalized spacial score (nSPS) is 12.2. The Bertz CT molecular complexity index is 656. The summed E-state index contributed by atoms with van der Waals surface area (Å²) in [6.45, 7) is 0.533. The number of carboxylic acids is 1. The van der Waals surface area contributed by atoms with Crippen molar-refractivity contribution in [1.82, 2.24) is 4.98 Å². The SMILES string of the molecule is O=C(O)c1cc(OCc2ccc3c(c2)OCO3)ccn1. The minimum Gasteiger partial charge on any atom is -0.489 e. The van der Waals surface area contributed by atoms with E-state index in [9.17, 15) is 4.79 Å². The second-order valence-electron chi connectivity index (χ2n) is 4.16. The lowest BCUT2D eigenvalue weighted by atomic mass is 10.2. The molecule has 1 aliphatic heterocycles. The van der Waals surface area contributed by atoms with Crippen LogP contribution in [0.3, 0.4) is 0 Å². The predicted octanol–water partition coefficient (Wildman–Crippen LogP) is 2.09. The quantitative estimate of drug-likeness (QED) is 0.919. The number of carboxylic acid groups (broad SMARTS) is 1. The maximum absolute atomic E-state index is 10.8. The van der Waals surface area contributed by atoms with E-state index in [0.717, 1.165) is 5.56 Å². The topological polar surface area (TPSA) is 77.9 Å². The number of nitrogens with zero attached hydrogens (tertiary/aromatic N) is 1. The molecule has 0 atom stereocenters. The van der Waals surface area contributed by atoms with Crippen LogP contribution in [0.5, 0.6) is 17.2 Å². The predicted molar refractivity (Wildman–Crippen MR) is 68.1 cm³/mol. The van der Waals surface area contributed by atoms with Gasteiger partial charge in [-0.2, -0.15) is 0 Å². The summed E-state index contributed by atoms with van der Waals surface area (Å²) in [4.78, 5) is 14.5. The van der Waals surface area contributed by atoms with E-state index in [4.69, 9.17) is 19.3 Å². The molecule has 0 fully saturated rings. The zero-order chi connectivity index (χ0) is 13.9. The van der Waals surface area contributed by atoms with Crippen molar-refractivity contribution in [1.29, 1.82) is 0 Å². The highest BCUT2D eigenvalue weighted by atomic mass is 16.7. The maximum atomic E-state index is 10.8. The standard InChI is InChI=1S/C14H11NO5/c16-14(17)11-6-10(3-4-15-11)18-7-9-1-2-12-13(5-9)20-8-19-12/h1-6H,7-8H2,(H,16,17). The van der Waals surface area contributed by atoms with Gasteiger partial charge in [-0.25, -0.2) is 9.78 Å². The lowest BCUT2D eigenvalue weighted by Crippen LogP contribution is -2.01.